The summed E-state index contributed by atoms with van der Waals surface area (Å²) in [7, 11) is 0. The lowest BCUT2D eigenvalue weighted by Gasteiger charge is -2.03. The molecule has 1 aromatic heterocycles. The molecule has 0 spiro atoms. The van der Waals surface area contributed by atoms with Gasteiger partial charge in [0.15, 0.2) is 0 Å². The number of hydrogen-bond acceptors (Lipinski definition) is 1. The van der Waals surface area contributed by atoms with Crippen LogP contribution in [0.1, 0.15) is 91.0 Å². The third-order valence-electron chi connectivity index (χ3n) is 5.34. The number of thiophene rings is 1. The van der Waals surface area contributed by atoms with Gasteiger partial charge in [-0.25, -0.2) is 0 Å². The average Bonchev–Trinajstić information content (AvgIpc) is 3.20. The molecule has 1 aromatic rings. The van der Waals surface area contributed by atoms with Crippen molar-refractivity contribution in [1.82, 2.24) is 0 Å². The largest absolute Gasteiger partial charge is 0.152 e. The zero-order valence-corrected chi connectivity index (χ0v) is 20.1. The first-order chi connectivity index (χ1) is 14.0. The third-order valence-corrected chi connectivity index (χ3v) is 6.08. The third kappa shape index (κ3) is 14.1. The lowest BCUT2D eigenvalue weighted by molar-refractivity contribution is 0.888. The van der Waals surface area contributed by atoms with Crippen LogP contribution in [0.5, 0.6) is 0 Å². The predicted octanol–water partition coefficient (Wildman–Crippen LogP) is 9.77. The van der Waals surface area contributed by atoms with Gasteiger partial charge in [-0.15, -0.1) is 6.58 Å². The molecule has 0 aliphatic rings. The predicted molar refractivity (Wildman–Crippen MR) is 135 cm³/mol. The number of allylic oxidation sites excluding steroid dienone is 9. The van der Waals surface area contributed by atoms with Crippen LogP contribution < -0.4 is 0 Å². The van der Waals surface area contributed by atoms with Gasteiger partial charge in [-0.2, -0.15) is 11.3 Å². The van der Waals surface area contributed by atoms with Crippen molar-refractivity contribution in [2.45, 2.75) is 91.9 Å². The first-order valence-electron chi connectivity index (χ1n) is 11.3. The van der Waals surface area contributed by atoms with E-state index in [2.05, 4.69) is 75.4 Å². The first-order valence-corrected chi connectivity index (χ1v) is 12.2. The van der Waals surface area contributed by atoms with Gasteiger partial charge in [0, 0.05) is 0 Å². The maximum absolute atomic E-state index is 3.79. The fourth-order valence-electron chi connectivity index (χ4n) is 3.30. The number of aryl methyl sites for hydroxylation is 1. The van der Waals surface area contributed by atoms with Crippen LogP contribution in [0.4, 0.5) is 0 Å². The Labute approximate surface area is 184 Å². The van der Waals surface area contributed by atoms with E-state index in [1.165, 1.54) is 66.4 Å². The van der Waals surface area contributed by atoms with Crippen molar-refractivity contribution in [2.24, 2.45) is 0 Å². The number of hydrogen-bond donors (Lipinski definition) is 0. The van der Waals surface area contributed by atoms with Gasteiger partial charge in [0.2, 0.25) is 0 Å². The van der Waals surface area contributed by atoms with Gasteiger partial charge in [0.05, 0.1) is 0 Å². The van der Waals surface area contributed by atoms with E-state index in [9.17, 15) is 0 Å². The van der Waals surface area contributed by atoms with Crippen molar-refractivity contribution in [3.05, 3.63) is 81.6 Å². The second kappa shape index (κ2) is 16.2. The van der Waals surface area contributed by atoms with Crippen LogP contribution in [0.15, 0.2) is 76.1 Å². The molecular formula is C28H42S. The minimum Gasteiger partial charge on any atom is -0.152 e. The Bertz CT molecular complexity index is 680. The van der Waals surface area contributed by atoms with Crippen molar-refractivity contribution in [1.29, 1.82) is 0 Å². The molecule has 0 unspecified atom stereocenters. The minimum atomic E-state index is 1.09. The van der Waals surface area contributed by atoms with Crippen LogP contribution in [0, 0.1) is 0 Å². The molecule has 0 bridgehead atoms. The highest BCUT2D eigenvalue weighted by molar-refractivity contribution is 7.07. The SMILES string of the molecule is C=CCC/C(C)=C/CC/C(C)=C/CC/C(C)=C/CC/C(C)=C/CCc1ccsc1. The molecule has 0 amide bonds. The molecule has 0 N–H and O–H groups in total. The minimum absolute atomic E-state index is 1.09. The Balaban J connectivity index is 2.18. The van der Waals surface area contributed by atoms with Gasteiger partial charge >= 0.3 is 0 Å². The zero-order chi connectivity index (χ0) is 21.3. The number of rotatable bonds is 15. The molecule has 0 saturated carbocycles. The van der Waals surface area contributed by atoms with E-state index in [1.807, 2.05) is 6.08 Å². The van der Waals surface area contributed by atoms with Crippen LogP contribution in [0.25, 0.3) is 0 Å². The monoisotopic (exact) mass is 410 g/mol. The quantitative estimate of drug-likeness (QED) is 0.252. The maximum Gasteiger partial charge on any atom is -0.00611 e. The topological polar surface area (TPSA) is 0 Å². The van der Waals surface area contributed by atoms with Gasteiger partial charge in [-0.1, -0.05) is 52.7 Å². The molecule has 29 heavy (non-hydrogen) atoms. The summed E-state index contributed by atoms with van der Waals surface area (Å²) in [5, 5.41) is 4.42. The summed E-state index contributed by atoms with van der Waals surface area (Å²) >= 11 is 1.79. The van der Waals surface area contributed by atoms with Crippen LogP contribution >= 0.6 is 11.3 Å². The van der Waals surface area contributed by atoms with Crippen molar-refractivity contribution in [3.63, 3.8) is 0 Å². The van der Waals surface area contributed by atoms with Gasteiger partial charge in [0.1, 0.15) is 0 Å². The molecule has 0 nitrogen and oxygen atoms in total. The molecule has 1 heteroatoms. The summed E-state index contributed by atoms with van der Waals surface area (Å²) in [4.78, 5) is 0. The van der Waals surface area contributed by atoms with Gasteiger partial charge in [0.25, 0.3) is 0 Å². The van der Waals surface area contributed by atoms with E-state index in [0.717, 1.165) is 25.7 Å². The van der Waals surface area contributed by atoms with E-state index < -0.39 is 0 Å². The lowest BCUT2D eigenvalue weighted by atomic mass is 10.0. The molecule has 0 atom stereocenters. The molecule has 1 heterocycles. The van der Waals surface area contributed by atoms with Gasteiger partial charge in [-0.3, -0.25) is 0 Å². The molecule has 0 aromatic carbocycles. The van der Waals surface area contributed by atoms with Crippen LogP contribution in [0.2, 0.25) is 0 Å². The van der Waals surface area contributed by atoms with E-state index in [4.69, 9.17) is 0 Å². The van der Waals surface area contributed by atoms with Gasteiger partial charge < -0.3 is 0 Å². The van der Waals surface area contributed by atoms with Crippen molar-refractivity contribution >= 4 is 11.3 Å². The Hall–Kier alpha value is -1.60. The van der Waals surface area contributed by atoms with Crippen LogP contribution in [-0.4, -0.2) is 0 Å². The molecule has 0 aliphatic carbocycles. The lowest BCUT2D eigenvalue weighted by Crippen LogP contribution is -1.83. The second-order valence-corrected chi connectivity index (χ2v) is 9.10. The van der Waals surface area contributed by atoms with Crippen LogP contribution in [-0.2, 0) is 6.42 Å². The Morgan fingerprint density at radius 3 is 1.59 bits per heavy atom. The summed E-state index contributed by atoms with van der Waals surface area (Å²) in [6.07, 6.45) is 23.3. The molecule has 0 fully saturated rings. The normalized spacial score (nSPS) is 13.8. The molecule has 0 aliphatic heterocycles. The molecular weight excluding hydrogens is 368 g/mol. The molecule has 0 radical (unpaired) electrons. The summed E-state index contributed by atoms with van der Waals surface area (Å²) in [5.41, 5.74) is 7.54. The van der Waals surface area contributed by atoms with Crippen molar-refractivity contribution < 1.29 is 0 Å². The molecule has 0 saturated heterocycles. The van der Waals surface area contributed by atoms with Crippen LogP contribution in [0.3, 0.4) is 0 Å². The maximum atomic E-state index is 3.79. The Kier molecular flexibility index (Phi) is 14.2. The second-order valence-electron chi connectivity index (χ2n) is 8.32. The fraction of sp³-hybridized carbons (Fsp3) is 0.500. The van der Waals surface area contributed by atoms with E-state index in [0.29, 0.717) is 0 Å². The fourth-order valence-corrected chi connectivity index (χ4v) is 4.00. The zero-order valence-electron chi connectivity index (χ0n) is 19.3. The van der Waals surface area contributed by atoms with Crippen molar-refractivity contribution in [2.75, 3.05) is 0 Å². The highest BCUT2D eigenvalue weighted by Gasteiger charge is 1.95. The summed E-state index contributed by atoms with van der Waals surface area (Å²) in [5.74, 6) is 0. The standard InChI is InChI=1S/C28H42S/c1-6-7-12-24(2)13-8-14-25(3)15-9-16-26(4)17-10-18-27(5)19-11-20-28-21-22-29-23-28/h6,13,15,17,19,21-23H,1,7-12,14,16,18,20H2,2-5H3/b24-13+,25-15+,26-17+,27-19+. The first kappa shape index (κ1) is 25.4. The molecule has 1 rings (SSSR count). The summed E-state index contributed by atoms with van der Waals surface area (Å²) < 4.78 is 0. The highest BCUT2D eigenvalue weighted by Crippen LogP contribution is 2.15. The summed E-state index contributed by atoms with van der Waals surface area (Å²) in [6, 6.07) is 2.23. The molecule has 160 valence electrons. The summed E-state index contributed by atoms with van der Waals surface area (Å²) in [6.45, 7) is 12.9. The average molecular weight is 411 g/mol. The van der Waals surface area contributed by atoms with E-state index >= 15 is 0 Å². The van der Waals surface area contributed by atoms with Gasteiger partial charge in [-0.05, 0) is 114 Å². The Morgan fingerprint density at radius 1 is 0.724 bits per heavy atom. The van der Waals surface area contributed by atoms with E-state index in [-0.39, 0.29) is 0 Å². The highest BCUT2D eigenvalue weighted by atomic mass is 32.1. The Morgan fingerprint density at radius 2 is 1.17 bits per heavy atom. The van der Waals surface area contributed by atoms with E-state index in [1.54, 1.807) is 11.3 Å². The van der Waals surface area contributed by atoms with Crippen molar-refractivity contribution in [3.8, 4) is 0 Å². The smallest absolute Gasteiger partial charge is 0.00611 e.